The van der Waals surface area contributed by atoms with Crippen LogP contribution in [-0.4, -0.2) is 57.1 Å². The number of hydrogen-bond donors (Lipinski definition) is 1. The minimum atomic E-state index is -0.252. The van der Waals surface area contributed by atoms with E-state index in [0.29, 0.717) is 12.2 Å². The van der Waals surface area contributed by atoms with Crippen molar-refractivity contribution in [2.75, 3.05) is 39.5 Å². The lowest BCUT2D eigenvalue weighted by atomic mass is 9.88. The van der Waals surface area contributed by atoms with Crippen LogP contribution in [0.5, 0.6) is 0 Å². The largest absolute Gasteiger partial charge is 0.458 e. The van der Waals surface area contributed by atoms with Crippen LogP contribution in [0, 0.1) is 5.92 Å². The average molecular weight is 334 g/mol. The Morgan fingerprint density at radius 2 is 1.96 bits per heavy atom. The summed E-state index contributed by atoms with van der Waals surface area (Å²) in [6.45, 7) is 9.38. The molecule has 0 saturated carbocycles. The Kier molecular flexibility index (Phi) is 5.54. The Balaban J connectivity index is 1.66. The first kappa shape index (κ1) is 17.4. The number of esters is 1. The molecule has 5 heteroatoms. The number of morpholine rings is 1. The van der Waals surface area contributed by atoms with E-state index < -0.39 is 0 Å². The van der Waals surface area contributed by atoms with Gasteiger partial charge in [0.1, 0.15) is 19.2 Å². The van der Waals surface area contributed by atoms with Crippen LogP contribution >= 0.6 is 0 Å². The quantitative estimate of drug-likeness (QED) is 0.833. The van der Waals surface area contributed by atoms with Crippen molar-refractivity contribution < 1.29 is 23.9 Å². The fourth-order valence-corrected chi connectivity index (χ4v) is 3.49. The summed E-state index contributed by atoms with van der Waals surface area (Å²) in [5.74, 6) is -0.000866. The van der Waals surface area contributed by atoms with Crippen LogP contribution in [0.15, 0.2) is 30.3 Å². The predicted molar refractivity (Wildman–Crippen MR) is 90.2 cm³/mol. The molecule has 3 rings (SSSR count). The average Bonchev–Trinajstić information content (AvgIpc) is 2.59. The van der Waals surface area contributed by atoms with Crippen LogP contribution in [0.2, 0.25) is 0 Å². The molecule has 0 spiro atoms. The van der Waals surface area contributed by atoms with Gasteiger partial charge in [0.25, 0.3) is 0 Å². The summed E-state index contributed by atoms with van der Waals surface area (Å²) in [5, 5.41) is 0. The van der Waals surface area contributed by atoms with E-state index in [-0.39, 0.29) is 23.6 Å². The summed E-state index contributed by atoms with van der Waals surface area (Å²) in [7, 11) is 0. The number of rotatable bonds is 4. The molecule has 0 unspecified atom stereocenters. The van der Waals surface area contributed by atoms with E-state index >= 15 is 0 Å². The number of quaternary nitrogens is 1. The Labute approximate surface area is 143 Å². The minimum absolute atomic E-state index is 0.100. The Bertz CT molecular complexity index is 540. The first-order valence-corrected chi connectivity index (χ1v) is 8.85. The van der Waals surface area contributed by atoms with Gasteiger partial charge in [-0.1, -0.05) is 18.2 Å². The van der Waals surface area contributed by atoms with Gasteiger partial charge in [0.15, 0.2) is 0 Å². The maximum absolute atomic E-state index is 12.5. The van der Waals surface area contributed by atoms with Gasteiger partial charge >= 0.3 is 5.97 Å². The monoisotopic (exact) mass is 334 g/mol. The Morgan fingerprint density at radius 3 is 2.67 bits per heavy atom. The molecule has 5 nitrogen and oxygen atoms in total. The Morgan fingerprint density at radius 1 is 1.25 bits per heavy atom. The van der Waals surface area contributed by atoms with E-state index in [1.54, 1.807) is 12.1 Å². The summed E-state index contributed by atoms with van der Waals surface area (Å²) in [6.07, 6.45) is 0.636. The van der Waals surface area contributed by atoms with E-state index in [1.807, 2.05) is 18.2 Å². The molecule has 2 aliphatic rings. The lowest BCUT2D eigenvalue weighted by Gasteiger charge is -2.41. The van der Waals surface area contributed by atoms with Gasteiger partial charge in [-0.05, 0) is 26.0 Å². The molecule has 2 saturated heterocycles. The van der Waals surface area contributed by atoms with Crippen molar-refractivity contribution in [3.63, 3.8) is 0 Å². The smallest absolute Gasteiger partial charge is 0.338 e. The van der Waals surface area contributed by atoms with Gasteiger partial charge in [0, 0.05) is 6.42 Å². The van der Waals surface area contributed by atoms with E-state index in [4.69, 9.17) is 14.2 Å². The number of benzene rings is 1. The standard InChI is InChI=1S/C19H27NO4/c1-19(2)12-17(24-18(21)15-6-4-3-5-7-15)16(14-23-19)13-20-8-10-22-11-9-20/h3-7,16-17H,8-14H2,1-2H3/p+1/t16-,17-/m0/s1. The second-order valence-electron chi connectivity index (χ2n) is 7.41. The van der Waals surface area contributed by atoms with Crippen molar-refractivity contribution >= 4 is 5.97 Å². The van der Waals surface area contributed by atoms with Crippen molar-refractivity contribution in [3.8, 4) is 0 Å². The third-order valence-electron chi connectivity index (χ3n) is 4.93. The highest BCUT2D eigenvalue weighted by atomic mass is 16.6. The summed E-state index contributed by atoms with van der Waals surface area (Å²) >= 11 is 0. The molecular formula is C19H28NO4+. The van der Waals surface area contributed by atoms with Crippen molar-refractivity contribution in [1.82, 2.24) is 0 Å². The van der Waals surface area contributed by atoms with Crippen LogP contribution in [0.1, 0.15) is 30.6 Å². The van der Waals surface area contributed by atoms with E-state index in [1.165, 1.54) is 4.90 Å². The normalized spacial score (nSPS) is 27.6. The van der Waals surface area contributed by atoms with Crippen molar-refractivity contribution in [3.05, 3.63) is 35.9 Å². The summed E-state index contributed by atoms with van der Waals surface area (Å²) in [4.78, 5) is 14.0. The first-order valence-electron chi connectivity index (χ1n) is 8.85. The number of hydrogen-bond acceptors (Lipinski definition) is 4. The highest BCUT2D eigenvalue weighted by molar-refractivity contribution is 5.89. The fraction of sp³-hybridized carbons (Fsp3) is 0.632. The minimum Gasteiger partial charge on any atom is -0.458 e. The number of carbonyl (C=O) groups excluding carboxylic acids is 1. The second kappa shape index (κ2) is 7.64. The van der Waals surface area contributed by atoms with Gasteiger partial charge in [-0.15, -0.1) is 0 Å². The summed E-state index contributed by atoms with van der Waals surface area (Å²) < 4.78 is 17.3. The molecule has 0 aromatic heterocycles. The lowest BCUT2D eigenvalue weighted by molar-refractivity contribution is -0.912. The maximum Gasteiger partial charge on any atom is 0.338 e. The first-order chi connectivity index (χ1) is 11.5. The maximum atomic E-state index is 12.5. The molecule has 1 aromatic rings. The zero-order valence-electron chi connectivity index (χ0n) is 14.6. The van der Waals surface area contributed by atoms with Gasteiger partial charge in [0.05, 0.1) is 43.4 Å². The van der Waals surface area contributed by atoms with E-state index in [9.17, 15) is 4.79 Å². The topological polar surface area (TPSA) is 49.2 Å². The highest BCUT2D eigenvalue weighted by Crippen LogP contribution is 2.30. The van der Waals surface area contributed by atoms with Gasteiger partial charge in [-0.3, -0.25) is 0 Å². The lowest BCUT2D eigenvalue weighted by Crippen LogP contribution is -3.15. The van der Waals surface area contributed by atoms with Crippen LogP contribution in [-0.2, 0) is 14.2 Å². The molecule has 0 bridgehead atoms. The summed E-state index contributed by atoms with van der Waals surface area (Å²) in [6, 6.07) is 9.22. The van der Waals surface area contributed by atoms with E-state index in [2.05, 4.69) is 13.8 Å². The molecule has 1 N–H and O–H groups in total. The SMILES string of the molecule is CC1(C)C[C@H](OC(=O)c2ccccc2)[C@@H](C[NH+]2CCOCC2)CO1. The molecule has 2 fully saturated rings. The van der Waals surface area contributed by atoms with Gasteiger partial charge in [0.2, 0.25) is 0 Å². The second-order valence-corrected chi connectivity index (χ2v) is 7.41. The number of carbonyl (C=O) groups is 1. The molecular weight excluding hydrogens is 306 g/mol. The molecule has 24 heavy (non-hydrogen) atoms. The third kappa shape index (κ3) is 4.56. The van der Waals surface area contributed by atoms with Gasteiger partial charge < -0.3 is 19.1 Å². The van der Waals surface area contributed by atoms with E-state index in [0.717, 1.165) is 39.3 Å². The zero-order valence-corrected chi connectivity index (χ0v) is 14.6. The molecule has 2 heterocycles. The number of nitrogens with one attached hydrogen (secondary N) is 1. The molecule has 2 aliphatic heterocycles. The Hall–Kier alpha value is -1.43. The molecule has 132 valence electrons. The van der Waals surface area contributed by atoms with Crippen LogP contribution in [0.3, 0.4) is 0 Å². The predicted octanol–water partition coefficient (Wildman–Crippen LogP) is 0.942. The van der Waals surface area contributed by atoms with Crippen LogP contribution in [0.25, 0.3) is 0 Å². The highest BCUT2D eigenvalue weighted by Gasteiger charge is 2.40. The van der Waals surface area contributed by atoms with Crippen LogP contribution in [0.4, 0.5) is 0 Å². The summed E-state index contributed by atoms with van der Waals surface area (Å²) in [5.41, 5.74) is 0.359. The van der Waals surface area contributed by atoms with Gasteiger partial charge in [-0.2, -0.15) is 0 Å². The molecule has 0 amide bonds. The fourth-order valence-electron chi connectivity index (χ4n) is 3.49. The zero-order chi connectivity index (χ0) is 17.0. The van der Waals surface area contributed by atoms with Gasteiger partial charge in [-0.25, -0.2) is 4.79 Å². The van der Waals surface area contributed by atoms with Crippen molar-refractivity contribution in [2.45, 2.75) is 32.0 Å². The van der Waals surface area contributed by atoms with Crippen molar-refractivity contribution in [2.24, 2.45) is 5.92 Å². The molecule has 1 aromatic carbocycles. The molecule has 0 aliphatic carbocycles. The number of ether oxygens (including phenoxy) is 3. The van der Waals surface area contributed by atoms with Crippen molar-refractivity contribution in [1.29, 1.82) is 0 Å². The third-order valence-corrected chi connectivity index (χ3v) is 4.93. The van der Waals surface area contributed by atoms with Crippen LogP contribution < -0.4 is 4.90 Å². The molecule has 0 radical (unpaired) electrons. The molecule has 2 atom stereocenters.